The predicted molar refractivity (Wildman–Crippen MR) is 97.9 cm³/mol. The van der Waals surface area contributed by atoms with Gasteiger partial charge in [0.05, 0.1) is 5.75 Å². The molecule has 3 rings (SSSR count). The molecule has 1 aliphatic heterocycles. The summed E-state index contributed by atoms with van der Waals surface area (Å²) < 4.78 is 1.06. The Labute approximate surface area is 149 Å². The van der Waals surface area contributed by atoms with Crippen LogP contribution in [0.15, 0.2) is 58.2 Å². The summed E-state index contributed by atoms with van der Waals surface area (Å²) in [7, 11) is 0. The zero-order chi connectivity index (χ0) is 16.1. The Morgan fingerprint density at radius 3 is 2.35 bits per heavy atom. The molecule has 1 aromatic carbocycles. The van der Waals surface area contributed by atoms with Gasteiger partial charge in [0, 0.05) is 53.6 Å². The van der Waals surface area contributed by atoms with Crippen LogP contribution in [0.2, 0.25) is 0 Å². The SMILES string of the molecule is O=C(CSc1ccc(Br)cc1)N1CCN(c2ccncc2)CC1. The number of hydrogen-bond acceptors (Lipinski definition) is 4. The quantitative estimate of drug-likeness (QED) is 0.749. The molecular weight excluding hydrogens is 374 g/mol. The van der Waals surface area contributed by atoms with Crippen LogP contribution in [0.5, 0.6) is 0 Å². The third-order valence-electron chi connectivity index (χ3n) is 3.84. The Bertz CT molecular complexity index is 643. The molecule has 1 aromatic heterocycles. The van der Waals surface area contributed by atoms with E-state index in [4.69, 9.17) is 0 Å². The van der Waals surface area contributed by atoms with E-state index in [-0.39, 0.29) is 5.91 Å². The Kier molecular flexibility index (Phi) is 5.56. The molecule has 120 valence electrons. The van der Waals surface area contributed by atoms with Crippen molar-refractivity contribution in [3.63, 3.8) is 0 Å². The van der Waals surface area contributed by atoms with Gasteiger partial charge in [-0.25, -0.2) is 0 Å². The van der Waals surface area contributed by atoms with Crippen LogP contribution in [0, 0.1) is 0 Å². The van der Waals surface area contributed by atoms with Gasteiger partial charge in [-0.2, -0.15) is 0 Å². The first-order valence-electron chi connectivity index (χ1n) is 7.53. The molecule has 2 aromatic rings. The third-order valence-corrected chi connectivity index (χ3v) is 5.36. The summed E-state index contributed by atoms with van der Waals surface area (Å²) in [4.78, 5) is 21.8. The first-order chi connectivity index (χ1) is 11.2. The number of piperazine rings is 1. The van der Waals surface area contributed by atoms with Crippen molar-refractivity contribution in [3.05, 3.63) is 53.3 Å². The zero-order valence-electron chi connectivity index (χ0n) is 12.7. The lowest BCUT2D eigenvalue weighted by Gasteiger charge is -2.36. The lowest BCUT2D eigenvalue weighted by molar-refractivity contribution is -0.128. The highest BCUT2D eigenvalue weighted by molar-refractivity contribution is 9.10. The van der Waals surface area contributed by atoms with E-state index in [2.05, 4.69) is 25.8 Å². The number of thioether (sulfide) groups is 1. The molecule has 2 heterocycles. The molecule has 6 heteroatoms. The largest absolute Gasteiger partial charge is 0.368 e. The number of aromatic nitrogens is 1. The molecule has 0 atom stereocenters. The van der Waals surface area contributed by atoms with Crippen molar-refractivity contribution in [2.75, 3.05) is 36.8 Å². The van der Waals surface area contributed by atoms with Gasteiger partial charge >= 0.3 is 0 Å². The maximum absolute atomic E-state index is 12.3. The van der Waals surface area contributed by atoms with Crippen LogP contribution in [0.4, 0.5) is 5.69 Å². The van der Waals surface area contributed by atoms with E-state index < -0.39 is 0 Å². The Morgan fingerprint density at radius 1 is 1.04 bits per heavy atom. The van der Waals surface area contributed by atoms with Gasteiger partial charge in [0.1, 0.15) is 0 Å². The summed E-state index contributed by atoms with van der Waals surface area (Å²) in [5.74, 6) is 0.712. The molecule has 0 radical (unpaired) electrons. The van der Waals surface area contributed by atoms with E-state index in [1.165, 1.54) is 5.69 Å². The normalized spacial score (nSPS) is 14.8. The molecule has 1 amide bonds. The van der Waals surface area contributed by atoms with Crippen LogP contribution in [0.25, 0.3) is 0 Å². The van der Waals surface area contributed by atoms with Crippen LogP contribution in [0.1, 0.15) is 0 Å². The first-order valence-corrected chi connectivity index (χ1v) is 9.31. The van der Waals surface area contributed by atoms with Gasteiger partial charge in [0.2, 0.25) is 5.91 Å². The van der Waals surface area contributed by atoms with Gasteiger partial charge in [-0.1, -0.05) is 15.9 Å². The van der Waals surface area contributed by atoms with Crippen LogP contribution in [-0.2, 0) is 4.79 Å². The summed E-state index contributed by atoms with van der Waals surface area (Å²) in [6.45, 7) is 3.31. The second-order valence-corrected chi connectivity index (χ2v) is 7.28. The molecule has 0 unspecified atom stereocenters. The molecule has 1 aliphatic rings. The molecule has 0 aliphatic carbocycles. The molecule has 0 saturated carbocycles. The molecule has 1 fully saturated rings. The molecule has 4 nitrogen and oxygen atoms in total. The number of benzene rings is 1. The van der Waals surface area contributed by atoms with Crippen molar-refractivity contribution in [3.8, 4) is 0 Å². The van der Waals surface area contributed by atoms with Gasteiger partial charge in [-0.3, -0.25) is 9.78 Å². The maximum Gasteiger partial charge on any atom is 0.233 e. The highest BCUT2D eigenvalue weighted by atomic mass is 79.9. The van der Waals surface area contributed by atoms with Crippen LogP contribution in [0.3, 0.4) is 0 Å². The molecule has 0 N–H and O–H groups in total. The summed E-state index contributed by atoms with van der Waals surface area (Å²) in [5.41, 5.74) is 1.18. The number of pyridine rings is 1. The van der Waals surface area contributed by atoms with E-state index >= 15 is 0 Å². The molecule has 0 spiro atoms. The topological polar surface area (TPSA) is 36.4 Å². The van der Waals surface area contributed by atoms with Crippen LogP contribution in [-0.4, -0.2) is 47.7 Å². The predicted octanol–water partition coefficient (Wildman–Crippen LogP) is 3.29. The number of halogens is 1. The Hall–Kier alpha value is -1.53. The van der Waals surface area contributed by atoms with Crippen LogP contribution >= 0.6 is 27.7 Å². The van der Waals surface area contributed by atoms with Crippen molar-refractivity contribution < 1.29 is 4.79 Å². The molecule has 0 bridgehead atoms. The number of nitrogens with zero attached hydrogens (tertiary/aromatic N) is 3. The molecule has 1 saturated heterocycles. The number of amides is 1. The number of anilines is 1. The number of hydrogen-bond donors (Lipinski definition) is 0. The fourth-order valence-corrected chi connectivity index (χ4v) is 3.60. The van der Waals surface area contributed by atoms with Gasteiger partial charge in [0.25, 0.3) is 0 Å². The van der Waals surface area contributed by atoms with Gasteiger partial charge in [-0.05, 0) is 36.4 Å². The van der Waals surface area contributed by atoms with E-state index in [1.807, 2.05) is 53.7 Å². The highest BCUT2D eigenvalue weighted by Crippen LogP contribution is 2.21. The minimum absolute atomic E-state index is 0.215. The lowest BCUT2D eigenvalue weighted by Crippen LogP contribution is -2.49. The summed E-state index contributed by atoms with van der Waals surface area (Å²) in [6.07, 6.45) is 3.61. The van der Waals surface area contributed by atoms with E-state index in [0.717, 1.165) is 35.5 Å². The highest BCUT2D eigenvalue weighted by Gasteiger charge is 2.21. The number of rotatable bonds is 4. The molecular formula is C17H18BrN3OS. The Morgan fingerprint density at radius 2 is 1.70 bits per heavy atom. The standard InChI is InChI=1S/C17H18BrN3OS/c18-14-1-3-16(4-2-14)23-13-17(22)21-11-9-20(10-12-21)15-5-7-19-8-6-15/h1-8H,9-13H2. The second kappa shape index (κ2) is 7.84. The van der Waals surface area contributed by atoms with E-state index in [1.54, 1.807) is 11.8 Å². The number of carbonyl (C=O) groups excluding carboxylic acids is 1. The first kappa shape index (κ1) is 16.3. The Balaban J connectivity index is 1.47. The summed E-state index contributed by atoms with van der Waals surface area (Å²) in [5, 5.41) is 0. The van der Waals surface area contributed by atoms with Crippen molar-refractivity contribution in [1.82, 2.24) is 9.88 Å². The third kappa shape index (κ3) is 4.48. The second-order valence-electron chi connectivity index (χ2n) is 5.32. The monoisotopic (exact) mass is 391 g/mol. The van der Waals surface area contributed by atoms with Crippen molar-refractivity contribution in [2.45, 2.75) is 4.90 Å². The van der Waals surface area contributed by atoms with E-state index in [9.17, 15) is 4.79 Å². The van der Waals surface area contributed by atoms with Gasteiger partial charge in [-0.15, -0.1) is 11.8 Å². The minimum Gasteiger partial charge on any atom is -0.368 e. The average Bonchev–Trinajstić information content (AvgIpc) is 2.62. The fraction of sp³-hybridized carbons (Fsp3) is 0.294. The van der Waals surface area contributed by atoms with E-state index in [0.29, 0.717) is 5.75 Å². The lowest BCUT2D eigenvalue weighted by atomic mass is 10.2. The van der Waals surface area contributed by atoms with Crippen molar-refractivity contribution >= 4 is 39.3 Å². The summed E-state index contributed by atoms with van der Waals surface area (Å²) in [6, 6.07) is 12.1. The van der Waals surface area contributed by atoms with Crippen molar-refractivity contribution in [1.29, 1.82) is 0 Å². The van der Waals surface area contributed by atoms with Crippen LogP contribution < -0.4 is 4.90 Å². The van der Waals surface area contributed by atoms with Crippen molar-refractivity contribution in [2.24, 2.45) is 0 Å². The maximum atomic E-state index is 12.3. The number of carbonyl (C=O) groups is 1. The minimum atomic E-state index is 0.215. The zero-order valence-corrected chi connectivity index (χ0v) is 15.1. The smallest absolute Gasteiger partial charge is 0.233 e. The summed E-state index contributed by atoms with van der Waals surface area (Å²) >= 11 is 5.01. The molecule has 23 heavy (non-hydrogen) atoms. The average molecular weight is 392 g/mol. The fourth-order valence-electron chi connectivity index (χ4n) is 2.54. The van der Waals surface area contributed by atoms with Gasteiger partial charge < -0.3 is 9.80 Å². The van der Waals surface area contributed by atoms with Gasteiger partial charge in [0.15, 0.2) is 0 Å².